The van der Waals surface area contributed by atoms with Gasteiger partial charge in [0.05, 0.1) is 6.54 Å². The first-order valence-electron chi connectivity index (χ1n) is 7.80. The second-order valence-electron chi connectivity index (χ2n) is 5.82. The molecule has 21 heavy (non-hydrogen) atoms. The fourth-order valence-electron chi connectivity index (χ4n) is 3.01. The van der Waals surface area contributed by atoms with Gasteiger partial charge in [-0.25, -0.2) is 13.1 Å². The maximum absolute atomic E-state index is 11.6. The highest BCUT2D eigenvalue weighted by atomic mass is 32.2. The van der Waals surface area contributed by atoms with E-state index in [1.165, 1.54) is 51.6 Å². The van der Waals surface area contributed by atoms with Crippen molar-refractivity contribution in [3.8, 4) is 0 Å². The van der Waals surface area contributed by atoms with Crippen LogP contribution >= 0.6 is 0 Å². The summed E-state index contributed by atoms with van der Waals surface area (Å²) < 4.78 is 30.8. The molecule has 1 aromatic heterocycles. The van der Waals surface area contributed by atoms with Gasteiger partial charge in [0.1, 0.15) is 5.76 Å². The molecule has 0 atom stereocenters. The van der Waals surface area contributed by atoms with E-state index in [1.54, 1.807) is 6.07 Å². The van der Waals surface area contributed by atoms with Crippen LogP contribution in [0.25, 0.3) is 0 Å². The van der Waals surface area contributed by atoms with Gasteiger partial charge in [-0.2, -0.15) is 0 Å². The Bertz CT molecular complexity index is 531. The van der Waals surface area contributed by atoms with Crippen molar-refractivity contribution in [1.82, 2.24) is 10.0 Å². The summed E-state index contributed by atoms with van der Waals surface area (Å²) in [5, 5.41) is 3.45. The van der Waals surface area contributed by atoms with Crippen LogP contribution in [0, 0.1) is 5.92 Å². The molecule has 1 fully saturated rings. The molecule has 0 saturated heterocycles. The molecule has 5 nitrogen and oxygen atoms in total. The monoisotopic (exact) mass is 314 g/mol. The highest BCUT2D eigenvalue weighted by Crippen LogP contribution is 2.28. The Balaban J connectivity index is 1.79. The number of hydrogen-bond acceptors (Lipinski definition) is 4. The van der Waals surface area contributed by atoms with E-state index in [0.717, 1.165) is 5.92 Å². The van der Waals surface area contributed by atoms with Crippen LogP contribution in [0.5, 0.6) is 0 Å². The van der Waals surface area contributed by atoms with Gasteiger partial charge in [0.2, 0.25) is 5.09 Å². The van der Waals surface area contributed by atoms with Crippen LogP contribution in [-0.4, -0.2) is 21.5 Å². The van der Waals surface area contributed by atoms with Crippen molar-refractivity contribution in [2.75, 3.05) is 7.05 Å². The third kappa shape index (κ3) is 4.56. The lowest BCUT2D eigenvalue weighted by atomic mass is 9.83. The average Bonchev–Trinajstić information content (AvgIpc) is 2.97. The second-order valence-corrected chi connectivity index (χ2v) is 7.63. The lowest BCUT2D eigenvalue weighted by Crippen LogP contribution is -2.32. The molecule has 0 unspecified atom stereocenters. The molecule has 0 aromatic carbocycles. The smallest absolute Gasteiger partial charge is 0.273 e. The fourth-order valence-corrected chi connectivity index (χ4v) is 3.67. The normalized spacial score (nSPS) is 23.3. The minimum atomic E-state index is -3.48. The maximum atomic E-state index is 11.6. The molecular formula is C15H26N2O3S. The Hall–Kier alpha value is -0.850. The Morgan fingerprint density at radius 2 is 1.95 bits per heavy atom. The van der Waals surface area contributed by atoms with Crippen molar-refractivity contribution in [3.63, 3.8) is 0 Å². The fraction of sp³-hybridized carbons (Fsp3) is 0.733. The van der Waals surface area contributed by atoms with Gasteiger partial charge in [-0.1, -0.05) is 19.8 Å². The highest BCUT2D eigenvalue weighted by Gasteiger charge is 2.21. The second kappa shape index (κ2) is 7.42. The molecule has 1 saturated carbocycles. The molecule has 120 valence electrons. The van der Waals surface area contributed by atoms with Crippen LogP contribution in [0.1, 0.15) is 51.2 Å². The first kappa shape index (κ1) is 16.5. The molecule has 6 heteroatoms. The maximum Gasteiger partial charge on any atom is 0.273 e. The van der Waals surface area contributed by atoms with Gasteiger partial charge in [-0.15, -0.1) is 0 Å². The molecule has 2 rings (SSSR count). The molecule has 0 radical (unpaired) electrons. The van der Waals surface area contributed by atoms with Crippen LogP contribution in [0.15, 0.2) is 21.6 Å². The molecular weight excluding hydrogens is 288 g/mol. The predicted octanol–water partition coefficient (Wildman–Crippen LogP) is 2.64. The van der Waals surface area contributed by atoms with Crippen LogP contribution in [0.4, 0.5) is 0 Å². The molecule has 0 amide bonds. The van der Waals surface area contributed by atoms with Crippen LogP contribution < -0.4 is 10.0 Å². The molecule has 2 N–H and O–H groups in total. The van der Waals surface area contributed by atoms with Crippen LogP contribution in [-0.2, 0) is 16.6 Å². The summed E-state index contributed by atoms with van der Waals surface area (Å²) in [6.45, 7) is 2.83. The zero-order valence-electron chi connectivity index (χ0n) is 12.9. The Morgan fingerprint density at radius 1 is 1.24 bits per heavy atom. The SMILES string of the molecule is CCCC1CCC(NCc2ccc(S(=O)(=O)NC)o2)CC1. The summed E-state index contributed by atoms with van der Waals surface area (Å²) in [6, 6.07) is 3.74. The van der Waals surface area contributed by atoms with E-state index >= 15 is 0 Å². The lowest BCUT2D eigenvalue weighted by Gasteiger charge is -2.28. The molecule has 0 bridgehead atoms. The summed E-state index contributed by atoms with van der Waals surface area (Å²) in [6.07, 6.45) is 7.61. The molecule has 0 spiro atoms. The summed E-state index contributed by atoms with van der Waals surface area (Å²) >= 11 is 0. The van der Waals surface area contributed by atoms with Gasteiger partial charge >= 0.3 is 0 Å². The molecule has 0 aliphatic heterocycles. The third-order valence-electron chi connectivity index (χ3n) is 4.28. The van der Waals surface area contributed by atoms with Gasteiger partial charge in [0.25, 0.3) is 10.0 Å². The first-order valence-corrected chi connectivity index (χ1v) is 9.29. The van der Waals surface area contributed by atoms with E-state index in [1.807, 2.05) is 0 Å². The van der Waals surface area contributed by atoms with Crippen LogP contribution in [0.3, 0.4) is 0 Å². The Morgan fingerprint density at radius 3 is 2.57 bits per heavy atom. The minimum Gasteiger partial charge on any atom is -0.447 e. The zero-order valence-corrected chi connectivity index (χ0v) is 13.7. The van der Waals surface area contributed by atoms with E-state index < -0.39 is 10.0 Å². The summed E-state index contributed by atoms with van der Waals surface area (Å²) in [4.78, 5) is 0. The quantitative estimate of drug-likeness (QED) is 0.811. The number of furan rings is 1. The van der Waals surface area contributed by atoms with Crippen molar-refractivity contribution < 1.29 is 12.8 Å². The summed E-state index contributed by atoms with van der Waals surface area (Å²) in [7, 11) is -2.10. The van der Waals surface area contributed by atoms with Crippen molar-refractivity contribution in [2.45, 2.75) is 63.1 Å². The number of rotatable bonds is 7. The topological polar surface area (TPSA) is 71.3 Å². The van der Waals surface area contributed by atoms with Crippen molar-refractivity contribution in [1.29, 1.82) is 0 Å². The molecule has 1 aliphatic carbocycles. The lowest BCUT2D eigenvalue weighted by molar-refractivity contribution is 0.271. The summed E-state index contributed by atoms with van der Waals surface area (Å²) in [5.74, 6) is 1.56. The van der Waals surface area contributed by atoms with E-state index in [2.05, 4.69) is 17.0 Å². The van der Waals surface area contributed by atoms with E-state index in [9.17, 15) is 8.42 Å². The molecule has 1 aliphatic rings. The molecule has 1 aromatic rings. The van der Waals surface area contributed by atoms with Gasteiger partial charge in [0, 0.05) is 6.04 Å². The van der Waals surface area contributed by atoms with Gasteiger partial charge in [0.15, 0.2) is 0 Å². The number of nitrogens with one attached hydrogen (secondary N) is 2. The summed E-state index contributed by atoms with van der Waals surface area (Å²) in [5.41, 5.74) is 0. The van der Waals surface area contributed by atoms with Gasteiger partial charge in [-0.3, -0.25) is 0 Å². The largest absolute Gasteiger partial charge is 0.447 e. The van der Waals surface area contributed by atoms with Crippen molar-refractivity contribution >= 4 is 10.0 Å². The van der Waals surface area contributed by atoms with E-state index in [-0.39, 0.29) is 5.09 Å². The average molecular weight is 314 g/mol. The van der Waals surface area contributed by atoms with Crippen molar-refractivity contribution in [2.24, 2.45) is 5.92 Å². The predicted molar refractivity (Wildman–Crippen MR) is 82.4 cm³/mol. The van der Waals surface area contributed by atoms with E-state index in [0.29, 0.717) is 18.3 Å². The van der Waals surface area contributed by atoms with E-state index in [4.69, 9.17) is 4.42 Å². The van der Waals surface area contributed by atoms with Gasteiger partial charge in [-0.05, 0) is 50.8 Å². The zero-order chi connectivity index (χ0) is 15.3. The third-order valence-corrected chi connectivity index (χ3v) is 5.57. The van der Waals surface area contributed by atoms with Gasteiger partial charge < -0.3 is 9.73 Å². The standard InChI is InChI=1S/C15H26N2O3S/c1-3-4-12-5-7-13(8-6-12)17-11-14-9-10-15(20-14)21(18,19)16-2/h9-10,12-13,16-17H,3-8,11H2,1-2H3. The minimum absolute atomic E-state index is 0.0200. The first-order chi connectivity index (χ1) is 10.0. The Labute approximate surface area is 127 Å². The Kier molecular flexibility index (Phi) is 5.84. The highest BCUT2D eigenvalue weighted by molar-refractivity contribution is 7.89. The van der Waals surface area contributed by atoms with Crippen molar-refractivity contribution in [3.05, 3.63) is 17.9 Å². The molecule has 1 heterocycles. The number of hydrogen-bond donors (Lipinski definition) is 2. The van der Waals surface area contributed by atoms with Crippen LogP contribution in [0.2, 0.25) is 0 Å². The number of sulfonamides is 1.